The van der Waals surface area contributed by atoms with E-state index in [9.17, 15) is 0 Å². The maximum Gasteiger partial charge on any atom is 0.180 e. The van der Waals surface area contributed by atoms with Crippen molar-refractivity contribution in [1.82, 2.24) is 9.97 Å². The molecule has 0 saturated heterocycles. The van der Waals surface area contributed by atoms with Gasteiger partial charge in [-0.3, -0.25) is 0 Å². The number of fused-ring (bicyclic) bond motifs is 4. The van der Waals surface area contributed by atoms with Gasteiger partial charge in [0.25, 0.3) is 0 Å². The molecule has 0 bridgehead atoms. The lowest BCUT2D eigenvalue weighted by molar-refractivity contribution is 0.664. The summed E-state index contributed by atoms with van der Waals surface area (Å²) in [6, 6.07) is 22.8. The Morgan fingerprint density at radius 3 is 2.29 bits per heavy atom. The van der Waals surface area contributed by atoms with Gasteiger partial charge in [0.1, 0.15) is 22.6 Å². The second-order valence-electron chi connectivity index (χ2n) is 6.92. The summed E-state index contributed by atoms with van der Waals surface area (Å²) in [6.07, 6.45) is 0. The normalized spacial score (nSPS) is 11.2. The molecule has 140 valence electrons. The van der Waals surface area contributed by atoms with Crippen LogP contribution < -0.4 is 0 Å². The summed E-state index contributed by atoms with van der Waals surface area (Å²) in [4.78, 5) is 9.67. The molecule has 2 heterocycles. The van der Waals surface area contributed by atoms with Crippen molar-refractivity contribution in [1.29, 1.82) is 0 Å². The SMILES string of the molecule is CC.CC(C)c1nc(-c2ccc3ccccc3c2)c2oc3ccccc3c2n1. The number of rotatable bonds is 2. The van der Waals surface area contributed by atoms with E-state index in [1.54, 1.807) is 0 Å². The van der Waals surface area contributed by atoms with E-state index < -0.39 is 0 Å². The minimum Gasteiger partial charge on any atom is -0.452 e. The van der Waals surface area contributed by atoms with Crippen LogP contribution in [0.5, 0.6) is 0 Å². The summed E-state index contributed by atoms with van der Waals surface area (Å²) in [5, 5.41) is 3.45. The number of nitrogens with zero attached hydrogens (tertiary/aromatic N) is 2. The summed E-state index contributed by atoms with van der Waals surface area (Å²) < 4.78 is 6.16. The fraction of sp³-hybridized carbons (Fsp3) is 0.200. The largest absolute Gasteiger partial charge is 0.452 e. The highest BCUT2D eigenvalue weighted by Gasteiger charge is 2.18. The van der Waals surface area contributed by atoms with Crippen LogP contribution >= 0.6 is 0 Å². The fourth-order valence-corrected chi connectivity index (χ4v) is 3.40. The molecule has 0 aliphatic carbocycles. The van der Waals surface area contributed by atoms with E-state index in [4.69, 9.17) is 14.4 Å². The lowest BCUT2D eigenvalue weighted by atomic mass is 10.0. The summed E-state index contributed by atoms with van der Waals surface area (Å²) in [6.45, 7) is 8.24. The van der Waals surface area contributed by atoms with Gasteiger partial charge in [-0.15, -0.1) is 0 Å². The van der Waals surface area contributed by atoms with Crippen LogP contribution in [0.4, 0.5) is 0 Å². The number of hydrogen-bond donors (Lipinski definition) is 0. The molecule has 0 atom stereocenters. The molecular weight excluding hydrogens is 344 g/mol. The monoisotopic (exact) mass is 368 g/mol. The van der Waals surface area contributed by atoms with Gasteiger partial charge >= 0.3 is 0 Å². The standard InChI is InChI=1S/C23H18N2O.C2H6/c1-14(2)23-24-20(17-12-11-15-7-3-4-8-16(15)13-17)22-21(25-23)18-9-5-6-10-19(18)26-22;1-2/h3-14H,1-2H3;1-2H3. The van der Waals surface area contributed by atoms with Crippen molar-refractivity contribution in [2.45, 2.75) is 33.6 Å². The highest BCUT2D eigenvalue weighted by molar-refractivity contribution is 6.06. The van der Waals surface area contributed by atoms with Gasteiger partial charge in [-0.25, -0.2) is 9.97 Å². The Bertz CT molecular complexity index is 1270. The molecule has 28 heavy (non-hydrogen) atoms. The van der Waals surface area contributed by atoms with Gasteiger partial charge in [-0.1, -0.05) is 76.2 Å². The van der Waals surface area contributed by atoms with Crippen molar-refractivity contribution in [3.8, 4) is 11.3 Å². The van der Waals surface area contributed by atoms with Gasteiger partial charge in [-0.2, -0.15) is 0 Å². The van der Waals surface area contributed by atoms with Crippen LogP contribution in [0.15, 0.2) is 71.1 Å². The predicted molar refractivity (Wildman–Crippen MR) is 118 cm³/mol. The first kappa shape index (κ1) is 18.2. The molecule has 3 nitrogen and oxygen atoms in total. The van der Waals surface area contributed by atoms with Crippen LogP contribution in [0.1, 0.15) is 39.4 Å². The minimum atomic E-state index is 0.243. The number of para-hydroxylation sites is 1. The van der Waals surface area contributed by atoms with Crippen LogP contribution in [0.3, 0.4) is 0 Å². The average Bonchev–Trinajstić information content (AvgIpc) is 3.13. The van der Waals surface area contributed by atoms with Gasteiger partial charge in [-0.05, 0) is 29.0 Å². The Labute approximate surface area is 165 Å². The molecule has 2 aromatic heterocycles. The molecule has 0 spiro atoms. The summed E-state index contributed by atoms with van der Waals surface area (Å²) in [7, 11) is 0. The first-order valence-corrected chi connectivity index (χ1v) is 9.89. The number of furan rings is 1. The highest BCUT2D eigenvalue weighted by Crippen LogP contribution is 2.35. The van der Waals surface area contributed by atoms with Gasteiger partial charge in [0.2, 0.25) is 0 Å². The summed E-state index contributed by atoms with van der Waals surface area (Å²) >= 11 is 0. The summed E-state index contributed by atoms with van der Waals surface area (Å²) in [5.41, 5.74) is 4.41. The van der Waals surface area contributed by atoms with Crippen molar-refractivity contribution < 1.29 is 4.42 Å². The Balaban J connectivity index is 0.000000932. The molecule has 0 aliphatic heterocycles. The Hall–Kier alpha value is -3.20. The first-order valence-electron chi connectivity index (χ1n) is 9.89. The Morgan fingerprint density at radius 1 is 0.786 bits per heavy atom. The number of aromatic nitrogens is 2. The van der Waals surface area contributed by atoms with Gasteiger partial charge in [0.15, 0.2) is 5.58 Å². The van der Waals surface area contributed by atoms with Gasteiger partial charge in [0, 0.05) is 16.9 Å². The van der Waals surface area contributed by atoms with Gasteiger partial charge < -0.3 is 4.42 Å². The molecule has 0 N–H and O–H groups in total. The minimum absolute atomic E-state index is 0.243. The Morgan fingerprint density at radius 2 is 1.50 bits per heavy atom. The van der Waals surface area contributed by atoms with Gasteiger partial charge in [0.05, 0.1) is 0 Å². The van der Waals surface area contributed by atoms with Crippen molar-refractivity contribution in [2.24, 2.45) is 0 Å². The van der Waals surface area contributed by atoms with Crippen LogP contribution in [-0.2, 0) is 0 Å². The zero-order valence-corrected chi connectivity index (χ0v) is 16.7. The van der Waals surface area contributed by atoms with Crippen LogP contribution in [0.2, 0.25) is 0 Å². The predicted octanol–water partition coefficient (Wildman–Crippen LogP) is 7.35. The molecule has 0 aliphatic rings. The highest BCUT2D eigenvalue weighted by atomic mass is 16.3. The molecule has 0 amide bonds. The lowest BCUT2D eigenvalue weighted by Gasteiger charge is -2.09. The molecule has 0 fully saturated rings. The maximum atomic E-state index is 6.16. The van der Waals surface area contributed by atoms with E-state index >= 15 is 0 Å². The second-order valence-corrected chi connectivity index (χ2v) is 6.92. The van der Waals surface area contributed by atoms with Crippen LogP contribution in [0.25, 0.3) is 44.1 Å². The van der Waals surface area contributed by atoms with E-state index in [0.29, 0.717) is 0 Å². The number of hydrogen-bond acceptors (Lipinski definition) is 3. The molecule has 3 heteroatoms. The molecule has 0 saturated carbocycles. The van der Waals surface area contributed by atoms with Crippen LogP contribution in [-0.4, -0.2) is 9.97 Å². The second kappa shape index (κ2) is 7.43. The molecule has 0 unspecified atom stereocenters. The van der Waals surface area contributed by atoms with Crippen molar-refractivity contribution in [2.75, 3.05) is 0 Å². The van der Waals surface area contributed by atoms with Crippen molar-refractivity contribution in [3.63, 3.8) is 0 Å². The average molecular weight is 368 g/mol. The Kier molecular flexibility index (Phi) is 4.82. The molecular formula is C25H24N2O. The zero-order chi connectivity index (χ0) is 19.7. The zero-order valence-electron chi connectivity index (χ0n) is 16.7. The maximum absolute atomic E-state index is 6.16. The molecule has 3 aromatic carbocycles. The molecule has 5 aromatic rings. The number of benzene rings is 3. The molecule has 5 rings (SSSR count). The van der Waals surface area contributed by atoms with E-state index in [0.717, 1.165) is 39.2 Å². The van der Waals surface area contributed by atoms with Crippen LogP contribution in [0, 0.1) is 0 Å². The smallest absolute Gasteiger partial charge is 0.180 e. The molecule has 0 radical (unpaired) electrons. The van der Waals surface area contributed by atoms with E-state index in [1.165, 1.54) is 10.8 Å². The lowest BCUT2D eigenvalue weighted by Crippen LogP contribution is -1.99. The van der Waals surface area contributed by atoms with E-state index in [-0.39, 0.29) is 5.92 Å². The van der Waals surface area contributed by atoms with E-state index in [1.807, 2.05) is 32.0 Å². The third kappa shape index (κ3) is 3.03. The van der Waals surface area contributed by atoms with Crippen molar-refractivity contribution in [3.05, 3.63) is 72.6 Å². The third-order valence-corrected chi connectivity index (χ3v) is 4.78. The third-order valence-electron chi connectivity index (χ3n) is 4.78. The first-order chi connectivity index (χ1) is 13.7. The van der Waals surface area contributed by atoms with E-state index in [2.05, 4.69) is 62.4 Å². The quantitative estimate of drug-likeness (QED) is 0.327. The fourth-order valence-electron chi connectivity index (χ4n) is 3.40. The topological polar surface area (TPSA) is 38.9 Å². The summed E-state index contributed by atoms with van der Waals surface area (Å²) in [5.74, 6) is 1.08. The van der Waals surface area contributed by atoms with Crippen molar-refractivity contribution >= 4 is 32.8 Å².